The lowest BCUT2D eigenvalue weighted by Gasteiger charge is -2.17. The second kappa shape index (κ2) is 8.14. The molecule has 0 aromatic heterocycles. The van der Waals surface area contributed by atoms with Crippen LogP contribution >= 0.6 is 0 Å². The van der Waals surface area contributed by atoms with Crippen molar-refractivity contribution in [3.05, 3.63) is 29.8 Å². The van der Waals surface area contributed by atoms with Crippen molar-refractivity contribution in [3.63, 3.8) is 0 Å². The van der Waals surface area contributed by atoms with E-state index in [1.165, 1.54) is 6.42 Å². The Bertz CT molecular complexity index is 537. The van der Waals surface area contributed by atoms with E-state index in [1.807, 2.05) is 12.1 Å². The molecule has 1 aromatic rings. The van der Waals surface area contributed by atoms with Crippen molar-refractivity contribution in [2.75, 3.05) is 11.4 Å². The van der Waals surface area contributed by atoms with Gasteiger partial charge in [0, 0.05) is 30.3 Å². The van der Waals surface area contributed by atoms with E-state index in [1.54, 1.807) is 17.0 Å². The van der Waals surface area contributed by atoms with Gasteiger partial charge in [0.15, 0.2) is 0 Å². The first kappa shape index (κ1) is 17.5. The largest absolute Gasteiger partial charge is 0.350 e. The molecule has 1 unspecified atom stereocenters. The van der Waals surface area contributed by atoms with E-state index in [-0.39, 0.29) is 17.9 Å². The summed E-state index contributed by atoms with van der Waals surface area (Å²) in [6.45, 7) is 7.26. The van der Waals surface area contributed by atoms with Crippen molar-refractivity contribution >= 4 is 17.5 Å². The summed E-state index contributed by atoms with van der Waals surface area (Å²) in [4.78, 5) is 25.8. The molecule has 1 aliphatic rings. The van der Waals surface area contributed by atoms with Gasteiger partial charge in [-0.3, -0.25) is 9.59 Å². The molecule has 126 valence electrons. The number of anilines is 1. The van der Waals surface area contributed by atoms with Crippen LogP contribution in [0.5, 0.6) is 0 Å². The summed E-state index contributed by atoms with van der Waals surface area (Å²) in [6, 6.07) is 7.51. The molecule has 0 aliphatic carbocycles. The predicted octanol–water partition coefficient (Wildman–Crippen LogP) is 3.76. The highest BCUT2D eigenvalue weighted by Crippen LogP contribution is 2.21. The molecule has 23 heavy (non-hydrogen) atoms. The maximum absolute atomic E-state index is 12.3. The van der Waals surface area contributed by atoms with Gasteiger partial charge < -0.3 is 10.2 Å². The Hall–Kier alpha value is -1.84. The highest BCUT2D eigenvalue weighted by molar-refractivity contribution is 5.97. The van der Waals surface area contributed by atoms with Crippen LogP contribution in [0.2, 0.25) is 0 Å². The van der Waals surface area contributed by atoms with Crippen LogP contribution in [0.1, 0.15) is 63.2 Å². The Labute approximate surface area is 139 Å². The Morgan fingerprint density at radius 3 is 2.43 bits per heavy atom. The van der Waals surface area contributed by atoms with Gasteiger partial charge in [-0.25, -0.2) is 0 Å². The molecule has 2 amide bonds. The van der Waals surface area contributed by atoms with Gasteiger partial charge in [-0.1, -0.05) is 26.7 Å². The summed E-state index contributed by atoms with van der Waals surface area (Å²) in [5.41, 5.74) is 1.53. The minimum atomic E-state index is -0.0404. The fraction of sp³-hybridized carbons (Fsp3) is 0.579. The van der Waals surface area contributed by atoms with Crippen molar-refractivity contribution in [2.24, 2.45) is 5.92 Å². The average molecular weight is 316 g/mol. The normalized spacial score (nSPS) is 16.0. The number of nitrogens with one attached hydrogen (secondary N) is 1. The average Bonchev–Trinajstić information content (AvgIpc) is 2.93. The monoisotopic (exact) mass is 316 g/mol. The van der Waals surface area contributed by atoms with Crippen LogP contribution in [0.25, 0.3) is 0 Å². The van der Waals surface area contributed by atoms with E-state index in [0.29, 0.717) is 17.9 Å². The number of carbonyl (C=O) groups is 2. The zero-order valence-electron chi connectivity index (χ0n) is 14.5. The molecular formula is C19H28N2O2. The molecule has 1 heterocycles. The number of carbonyl (C=O) groups excluding carboxylic acids is 2. The van der Waals surface area contributed by atoms with Gasteiger partial charge in [0.05, 0.1) is 0 Å². The number of hydrogen-bond acceptors (Lipinski definition) is 2. The number of rotatable bonds is 7. The first-order valence-corrected chi connectivity index (χ1v) is 8.68. The Morgan fingerprint density at radius 2 is 1.87 bits per heavy atom. The van der Waals surface area contributed by atoms with E-state index in [4.69, 9.17) is 0 Å². The second-order valence-electron chi connectivity index (χ2n) is 6.90. The molecule has 1 aromatic carbocycles. The van der Waals surface area contributed by atoms with Crippen molar-refractivity contribution in [3.8, 4) is 0 Å². The molecule has 0 spiro atoms. The molecule has 1 fully saturated rings. The van der Waals surface area contributed by atoms with Gasteiger partial charge in [-0.05, 0) is 49.9 Å². The fourth-order valence-electron chi connectivity index (χ4n) is 2.93. The number of hydrogen-bond donors (Lipinski definition) is 1. The summed E-state index contributed by atoms with van der Waals surface area (Å²) < 4.78 is 0. The Kier molecular flexibility index (Phi) is 6.20. The molecule has 1 atom stereocenters. The molecule has 1 N–H and O–H groups in total. The van der Waals surface area contributed by atoms with Crippen LogP contribution in [0.3, 0.4) is 0 Å². The smallest absolute Gasteiger partial charge is 0.251 e. The van der Waals surface area contributed by atoms with Crippen LogP contribution in [0.15, 0.2) is 24.3 Å². The first-order valence-electron chi connectivity index (χ1n) is 8.68. The van der Waals surface area contributed by atoms with Crippen LogP contribution in [0.4, 0.5) is 5.69 Å². The topological polar surface area (TPSA) is 49.4 Å². The molecule has 0 saturated carbocycles. The third-order valence-corrected chi connectivity index (χ3v) is 4.31. The zero-order valence-corrected chi connectivity index (χ0v) is 14.5. The summed E-state index contributed by atoms with van der Waals surface area (Å²) >= 11 is 0. The highest BCUT2D eigenvalue weighted by Gasteiger charge is 2.21. The predicted molar refractivity (Wildman–Crippen MR) is 93.6 cm³/mol. The number of nitrogens with zero attached hydrogens (tertiary/aromatic N) is 1. The first-order chi connectivity index (χ1) is 11.0. The summed E-state index contributed by atoms with van der Waals surface area (Å²) in [5.74, 6) is 0.834. The van der Waals surface area contributed by atoms with Crippen LogP contribution < -0.4 is 10.2 Å². The molecule has 4 nitrogen and oxygen atoms in total. The molecule has 0 bridgehead atoms. The Balaban J connectivity index is 1.86. The van der Waals surface area contributed by atoms with Gasteiger partial charge in [-0.2, -0.15) is 0 Å². The maximum atomic E-state index is 12.3. The lowest BCUT2D eigenvalue weighted by Crippen LogP contribution is -2.32. The van der Waals surface area contributed by atoms with Crippen molar-refractivity contribution in [1.82, 2.24) is 5.32 Å². The number of amides is 2. The van der Waals surface area contributed by atoms with E-state index in [2.05, 4.69) is 26.1 Å². The van der Waals surface area contributed by atoms with Gasteiger partial charge in [0.1, 0.15) is 0 Å². The summed E-state index contributed by atoms with van der Waals surface area (Å²) in [7, 11) is 0. The van der Waals surface area contributed by atoms with Crippen LogP contribution in [0, 0.1) is 5.92 Å². The SMILES string of the molecule is CC(C)CCCC(C)NC(=O)c1ccc(N2CCCC2=O)cc1. The summed E-state index contributed by atoms with van der Waals surface area (Å²) in [5, 5.41) is 3.05. The third-order valence-electron chi connectivity index (χ3n) is 4.31. The molecule has 1 saturated heterocycles. The van der Waals surface area contributed by atoms with E-state index in [9.17, 15) is 9.59 Å². The molecular weight excluding hydrogens is 288 g/mol. The van der Waals surface area contributed by atoms with Gasteiger partial charge in [0.25, 0.3) is 5.91 Å². The van der Waals surface area contributed by atoms with E-state index in [0.717, 1.165) is 31.5 Å². The van der Waals surface area contributed by atoms with E-state index < -0.39 is 0 Å². The fourth-order valence-corrected chi connectivity index (χ4v) is 2.93. The zero-order chi connectivity index (χ0) is 16.8. The molecule has 4 heteroatoms. The summed E-state index contributed by atoms with van der Waals surface area (Å²) in [6.07, 6.45) is 4.86. The number of benzene rings is 1. The van der Waals surface area contributed by atoms with Gasteiger partial charge in [0.2, 0.25) is 5.91 Å². The second-order valence-corrected chi connectivity index (χ2v) is 6.90. The quantitative estimate of drug-likeness (QED) is 0.832. The lowest BCUT2D eigenvalue weighted by molar-refractivity contribution is -0.117. The molecule has 0 radical (unpaired) electrons. The highest BCUT2D eigenvalue weighted by atomic mass is 16.2. The van der Waals surface area contributed by atoms with Gasteiger partial charge >= 0.3 is 0 Å². The Morgan fingerprint density at radius 1 is 1.17 bits per heavy atom. The van der Waals surface area contributed by atoms with Crippen molar-refractivity contribution in [1.29, 1.82) is 0 Å². The molecule has 2 rings (SSSR count). The minimum absolute atomic E-state index is 0.0404. The standard InChI is InChI=1S/C19H28N2O2/c1-14(2)6-4-7-15(3)20-19(23)16-9-11-17(12-10-16)21-13-5-8-18(21)22/h9-12,14-15H,4-8,13H2,1-3H3,(H,20,23). The van der Waals surface area contributed by atoms with Crippen molar-refractivity contribution < 1.29 is 9.59 Å². The van der Waals surface area contributed by atoms with E-state index >= 15 is 0 Å². The van der Waals surface area contributed by atoms with Crippen LogP contribution in [-0.4, -0.2) is 24.4 Å². The van der Waals surface area contributed by atoms with Gasteiger partial charge in [-0.15, -0.1) is 0 Å². The van der Waals surface area contributed by atoms with Crippen LogP contribution in [-0.2, 0) is 4.79 Å². The maximum Gasteiger partial charge on any atom is 0.251 e. The minimum Gasteiger partial charge on any atom is -0.350 e. The lowest BCUT2D eigenvalue weighted by atomic mass is 10.0. The third kappa shape index (κ3) is 5.08. The molecule has 1 aliphatic heterocycles. The van der Waals surface area contributed by atoms with Crippen molar-refractivity contribution in [2.45, 2.75) is 58.9 Å².